The van der Waals surface area contributed by atoms with E-state index >= 15 is 0 Å². The largest absolute Gasteiger partial charge is 0.303 e. The van der Waals surface area contributed by atoms with E-state index in [-0.39, 0.29) is 0 Å². The van der Waals surface area contributed by atoms with E-state index < -0.39 is 0 Å². The zero-order valence-electron chi connectivity index (χ0n) is 13.6. The quantitative estimate of drug-likeness (QED) is 0.243. The second-order valence-corrected chi connectivity index (χ2v) is 6.11. The van der Waals surface area contributed by atoms with Crippen LogP contribution in [-0.4, -0.2) is 6.29 Å². The number of rotatable bonds is 12. The maximum atomic E-state index is 10.4. The summed E-state index contributed by atoms with van der Waals surface area (Å²) in [5, 5.41) is 0. The molecule has 0 heterocycles. The van der Waals surface area contributed by atoms with E-state index in [0.717, 1.165) is 25.0 Å². The van der Waals surface area contributed by atoms with E-state index in [1.807, 2.05) is 0 Å². The van der Waals surface area contributed by atoms with E-state index in [1.54, 1.807) is 5.57 Å². The van der Waals surface area contributed by atoms with Crippen molar-refractivity contribution < 1.29 is 4.79 Å². The van der Waals surface area contributed by atoms with Crippen LogP contribution >= 0.6 is 0 Å². The highest BCUT2D eigenvalue weighted by Crippen LogP contribution is 2.22. The highest BCUT2D eigenvalue weighted by Gasteiger charge is 2.07. The number of allylic oxidation sites excluding steroid dienone is 2. The Labute approximate surface area is 120 Å². The fraction of sp³-hybridized carbons (Fsp3) is 0.833. The highest BCUT2D eigenvalue weighted by molar-refractivity contribution is 5.49. The second kappa shape index (κ2) is 12.4. The van der Waals surface area contributed by atoms with Crippen LogP contribution in [-0.2, 0) is 4.79 Å². The van der Waals surface area contributed by atoms with Crippen LogP contribution in [0.1, 0.15) is 85.5 Å². The van der Waals surface area contributed by atoms with Gasteiger partial charge in [0.15, 0.2) is 0 Å². The van der Waals surface area contributed by atoms with E-state index in [2.05, 4.69) is 33.8 Å². The molecular formula is C18H34O. The van der Waals surface area contributed by atoms with Crippen LogP contribution in [0.5, 0.6) is 0 Å². The van der Waals surface area contributed by atoms with Gasteiger partial charge in [0.05, 0.1) is 0 Å². The van der Waals surface area contributed by atoms with Gasteiger partial charge in [-0.05, 0) is 38.0 Å². The van der Waals surface area contributed by atoms with Crippen LogP contribution in [0.4, 0.5) is 0 Å². The summed E-state index contributed by atoms with van der Waals surface area (Å²) >= 11 is 0. The summed E-state index contributed by atoms with van der Waals surface area (Å²) in [4.78, 5) is 10.4. The van der Waals surface area contributed by atoms with Gasteiger partial charge in [0.2, 0.25) is 0 Å². The Morgan fingerprint density at radius 1 is 1.16 bits per heavy atom. The van der Waals surface area contributed by atoms with Crippen molar-refractivity contribution in [3.63, 3.8) is 0 Å². The highest BCUT2D eigenvalue weighted by atomic mass is 16.1. The van der Waals surface area contributed by atoms with Gasteiger partial charge in [0.1, 0.15) is 6.29 Å². The van der Waals surface area contributed by atoms with Crippen LogP contribution in [0, 0.1) is 11.8 Å². The monoisotopic (exact) mass is 266 g/mol. The summed E-state index contributed by atoms with van der Waals surface area (Å²) < 4.78 is 0. The molecule has 0 aliphatic carbocycles. The lowest BCUT2D eigenvalue weighted by atomic mass is 9.91. The van der Waals surface area contributed by atoms with E-state index in [4.69, 9.17) is 0 Å². The summed E-state index contributed by atoms with van der Waals surface area (Å²) in [7, 11) is 0. The predicted molar refractivity (Wildman–Crippen MR) is 85.4 cm³/mol. The molecule has 0 aromatic heterocycles. The van der Waals surface area contributed by atoms with E-state index in [0.29, 0.717) is 12.3 Å². The number of carbonyl (C=O) groups is 1. The Kier molecular flexibility index (Phi) is 12.1. The minimum absolute atomic E-state index is 0.535. The molecule has 1 nitrogen and oxygen atoms in total. The van der Waals surface area contributed by atoms with E-state index in [9.17, 15) is 4.79 Å². The van der Waals surface area contributed by atoms with Crippen molar-refractivity contribution in [1.29, 1.82) is 0 Å². The first-order chi connectivity index (χ1) is 9.13. The lowest BCUT2D eigenvalue weighted by molar-refractivity contribution is -0.108. The zero-order valence-corrected chi connectivity index (χ0v) is 13.6. The summed E-state index contributed by atoms with van der Waals surface area (Å²) in [5.74, 6) is 1.41. The topological polar surface area (TPSA) is 17.1 Å². The fourth-order valence-electron chi connectivity index (χ4n) is 2.57. The molecule has 0 aliphatic heterocycles. The minimum Gasteiger partial charge on any atom is -0.303 e. The molecule has 0 aliphatic rings. The molecule has 0 radical (unpaired) electrons. The summed E-state index contributed by atoms with van der Waals surface area (Å²) in [6, 6.07) is 0. The van der Waals surface area contributed by atoms with Gasteiger partial charge >= 0.3 is 0 Å². The molecule has 0 saturated heterocycles. The maximum absolute atomic E-state index is 10.4. The first-order valence-corrected chi connectivity index (χ1v) is 8.23. The van der Waals surface area contributed by atoms with Crippen LogP contribution in [0.15, 0.2) is 11.6 Å². The Bertz CT molecular complexity index is 242. The van der Waals surface area contributed by atoms with Crippen molar-refractivity contribution in [1.82, 2.24) is 0 Å². The van der Waals surface area contributed by atoms with Gasteiger partial charge in [-0.15, -0.1) is 0 Å². The Balaban J connectivity index is 3.89. The third-order valence-electron chi connectivity index (χ3n) is 4.05. The molecular weight excluding hydrogens is 232 g/mol. The normalized spacial score (nSPS) is 15.3. The number of carbonyl (C=O) groups excluding carboxylic acids is 1. The molecule has 0 aromatic carbocycles. The van der Waals surface area contributed by atoms with Crippen LogP contribution < -0.4 is 0 Å². The van der Waals surface area contributed by atoms with Gasteiger partial charge in [0.25, 0.3) is 0 Å². The SMILES string of the molecule is CCCCCC(CC)C/C(C)=C\CCC(C)CC=O. The van der Waals surface area contributed by atoms with Gasteiger partial charge in [-0.2, -0.15) is 0 Å². The van der Waals surface area contributed by atoms with Crippen molar-refractivity contribution in [2.24, 2.45) is 11.8 Å². The smallest absolute Gasteiger partial charge is 0.120 e. The molecule has 0 bridgehead atoms. The van der Waals surface area contributed by atoms with Gasteiger partial charge in [0, 0.05) is 6.42 Å². The van der Waals surface area contributed by atoms with Crippen LogP contribution in [0.2, 0.25) is 0 Å². The molecule has 0 N–H and O–H groups in total. The lowest BCUT2D eigenvalue weighted by Gasteiger charge is -2.15. The Morgan fingerprint density at radius 2 is 1.89 bits per heavy atom. The standard InChI is InChI=1S/C18H34O/c1-5-7-8-12-18(6-2)15-17(4)11-9-10-16(3)13-14-19/h11,14,16,18H,5-10,12-13,15H2,1-4H3/b17-11-. The summed E-state index contributed by atoms with van der Waals surface area (Å²) in [6.07, 6.45) is 14.5. The van der Waals surface area contributed by atoms with Crippen LogP contribution in [0.25, 0.3) is 0 Å². The number of hydrogen-bond donors (Lipinski definition) is 0. The van der Waals surface area contributed by atoms with E-state index in [1.165, 1.54) is 38.5 Å². The third kappa shape index (κ3) is 11.0. The van der Waals surface area contributed by atoms with Crippen molar-refractivity contribution >= 4 is 6.29 Å². The fourth-order valence-corrected chi connectivity index (χ4v) is 2.57. The third-order valence-corrected chi connectivity index (χ3v) is 4.05. The molecule has 1 heteroatoms. The average Bonchev–Trinajstić information content (AvgIpc) is 2.38. The minimum atomic E-state index is 0.535. The van der Waals surface area contributed by atoms with Crippen LogP contribution in [0.3, 0.4) is 0 Å². The first kappa shape index (κ1) is 18.4. The molecule has 0 fully saturated rings. The first-order valence-electron chi connectivity index (χ1n) is 8.23. The average molecular weight is 266 g/mol. The Hall–Kier alpha value is -0.590. The molecule has 0 amide bonds. The molecule has 0 rings (SSSR count). The maximum Gasteiger partial charge on any atom is 0.120 e. The molecule has 19 heavy (non-hydrogen) atoms. The Morgan fingerprint density at radius 3 is 2.47 bits per heavy atom. The summed E-state index contributed by atoms with van der Waals surface area (Å²) in [5.41, 5.74) is 1.54. The second-order valence-electron chi connectivity index (χ2n) is 6.11. The van der Waals surface area contributed by atoms with Gasteiger partial charge in [-0.3, -0.25) is 0 Å². The van der Waals surface area contributed by atoms with Gasteiger partial charge in [-0.25, -0.2) is 0 Å². The van der Waals surface area contributed by atoms with Crippen molar-refractivity contribution in [2.75, 3.05) is 0 Å². The molecule has 0 spiro atoms. The van der Waals surface area contributed by atoms with Gasteiger partial charge < -0.3 is 4.79 Å². The molecule has 0 saturated carbocycles. The zero-order chi connectivity index (χ0) is 14.5. The molecule has 2 unspecified atom stereocenters. The van der Waals surface area contributed by atoms with Crippen molar-refractivity contribution in [3.05, 3.63) is 11.6 Å². The molecule has 112 valence electrons. The number of unbranched alkanes of at least 4 members (excludes halogenated alkanes) is 2. The molecule has 2 atom stereocenters. The molecule has 0 aromatic rings. The predicted octanol–water partition coefficient (Wildman–Crippen LogP) is 5.93. The number of hydrogen-bond acceptors (Lipinski definition) is 1. The lowest BCUT2D eigenvalue weighted by Crippen LogP contribution is -2.00. The van der Waals surface area contributed by atoms with Crippen molar-refractivity contribution in [3.8, 4) is 0 Å². The summed E-state index contributed by atoms with van der Waals surface area (Å²) in [6.45, 7) is 9.02. The van der Waals surface area contributed by atoms with Crippen molar-refractivity contribution in [2.45, 2.75) is 85.5 Å². The number of aldehydes is 1. The van der Waals surface area contributed by atoms with Gasteiger partial charge in [-0.1, -0.05) is 64.5 Å².